The SMILES string of the molecule is C/C(=N\NC(=O)c1ccccc1)C(C)(C)/C(C)=N/NC(=O)c1ccc(C)cc1. The number of hydrogen-bond donors (Lipinski definition) is 2. The molecule has 0 radical (unpaired) electrons. The normalized spacial score (nSPS) is 12.5. The lowest BCUT2D eigenvalue weighted by molar-refractivity contribution is 0.0947. The molecule has 146 valence electrons. The Kier molecular flexibility index (Phi) is 6.82. The molecule has 0 fully saturated rings. The molecule has 0 aromatic heterocycles. The van der Waals surface area contributed by atoms with E-state index in [2.05, 4.69) is 21.1 Å². The van der Waals surface area contributed by atoms with Crippen LogP contribution in [0.15, 0.2) is 64.8 Å². The van der Waals surface area contributed by atoms with Crippen molar-refractivity contribution >= 4 is 23.2 Å². The van der Waals surface area contributed by atoms with Gasteiger partial charge in [-0.3, -0.25) is 9.59 Å². The highest BCUT2D eigenvalue weighted by Gasteiger charge is 2.26. The molecule has 2 rings (SSSR count). The molecule has 2 amide bonds. The zero-order chi connectivity index (χ0) is 20.7. The molecule has 0 spiro atoms. The summed E-state index contributed by atoms with van der Waals surface area (Å²) in [6, 6.07) is 16.1. The number of benzene rings is 2. The van der Waals surface area contributed by atoms with E-state index in [0.29, 0.717) is 22.6 Å². The predicted molar refractivity (Wildman–Crippen MR) is 113 cm³/mol. The van der Waals surface area contributed by atoms with Crippen LogP contribution in [-0.2, 0) is 0 Å². The first-order valence-electron chi connectivity index (χ1n) is 9.03. The Hall–Kier alpha value is -3.28. The second-order valence-electron chi connectivity index (χ2n) is 7.13. The Morgan fingerprint density at radius 1 is 0.750 bits per heavy atom. The summed E-state index contributed by atoms with van der Waals surface area (Å²) in [5.74, 6) is -0.555. The summed E-state index contributed by atoms with van der Waals surface area (Å²) in [5.41, 5.74) is 8.09. The number of rotatable bonds is 6. The number of nitrogens with zero attached hydrogens (tertiary/aromatic N) is 2. The van der Waals surface area contributed by atoms with E-state index in [1.165, 1.54) is 0 Å². The molecular formula is C22H26N4O2. The Balaban J connectivity index is 2.04. The zero-order valence-electron chi connectivity index (χ0n) is 16.9. The summed E-state index contributed by atoms with van der Waals surface area (Å²) in [4.78, 5) is 24.4. The number of hydrogen-bond acceptors (Lipinski definition) is 4. The fraction of sp³-hybridized carbons (Fsp3) is 0.273. The number of carbonyl (C=O) groups is 2. The molecule has 28 heavy (non-hydrogen) atoms. The van der Waals surface area contributed by atoms with Gasteiger partial charge in [0.05, 0.1) is 0 Å². The van der Waals surface area contributed by atoms with E-state index in [1.54, 1.807) is 36.4 Å². The number of amides is 2. The molecular weight excluding hydrogens is 352 g/mol. The quantitative estimate of drug-likeness (QED) is 0.590. The highest BCUT2D eigenvalue weighted by Crippen LogP contribution is 2.20. The Morgan fingerprint density at radius 2 is 1.18 bits per heavy atom. The molecule has 0 aliphatic heterocycles. The largest absolute Gasteiger partial charge is 0.271 e. The molecule has 0 saturated carbocycles. The third kappa shape index (κ3) is 5.36. The summed E-state index contributed by atoms with van der Waals surface area (Å²) in [7, 11) is 0. The van der Waals surface area contributed by atoms with Crippen LogP contribution < -0.4 is 10.9 Å². The van der Waals surface area contributed by atoms with Gasteiger partial charge in [0.1, 0.15) is 0 Å². The van der Waals surface area contributed by atoms with Gasteiger partial charge in [-0.25, -0.2) is 10.9 Å². The van der Waals surface area contributed by atoms with Crippen molar-refractivity contribution in [1.82, 2.24) is 10.9 Å². The first-order chi connectivity index (χ1) is 13.2. The van der Waals surface area contributed by atoms with Crippen LogP contribution in [0.3, 0.4) is 0 Å². The first-order valence-corrected chi connectivity index (χ1v) is 9.03. The van der Waals surface area contributed by atoms with Crippen molar-refractivity contribution in [2.24, 2.45) is 15.6 Å². The highest BCUT2D eigenvalue weighted by atomic mass is 16.2. The van der Waals surface area contributed by atoms with Gasteiger partial charge in [0, 0.05) is 28.0 Å². The lowest BCUT2D eigenvalue weighted by Gasteiger charge is -2.24. The van der Waals surface area contributed by atoms with Gasteiger partial charge in [-0.15, -0.1) is 0 Å². The number of aryl methyl sites for hydroxylation is 1. The maximum absolute atomic E-state index is 12.2. The maximum Gasteiger partial charge on any atom is 0.271 e. The van der Waals surface area contributed by atoms with Crippen LogP contribution in [0.25, 0.3) is 0 Å². The van der Waals surface area contributed by atoms with Crippen molar-refractivity contribution in [3.8, 4) is 0 Å². The van der Waals surface area contributed by atoms with E-state index in [0.717, 1.165) is 5.56 Å². The standard InChI is InChI=1S/C22H26N4O2/c1-15-11-13-19(14-12-15)21(28)26-24-17(3)22(4,5)16(2)23-25-20(27)18-9-7-6-8-10-18/h6-14H,1-5H3,(H,25,27)(H,26,28)/b23-16+,24-17+. The van der Waals surface area contributed by atoms with E-state index in [4.69, 9.17) is 0 Å². The Labute approximate surface area is 165 Å². The predicted octanol–water partition coefficient (Wildman–Crippen LogP) is 3.93. The summed E-state index contributed by atoms with van der Waals surface area (Å²) >= 11 is 0. The minimum absolute atomic E-state index is 0.276. The van der Waals surface area contributed by atoms with Crippen LogP contribution in [0.4, 0.5) is 0 Å². The molecule has 0 heterocycles. The van der Waals surface area contributed by atoms with Crippen LogP contribution in [0, 0.1) is 12.3 Å². The molecule has 2 N–H and O–H groups in total. The molecule has 0 saturated heterocycles. The second kappa shape index (κ2) is 9.08. The van der Waals surface area contributed by atoms with Gasteiger partial charge in [-0.1, -0.05) is 35.9 Å². The van der Waals surface area contributed by atoms with Gasteiger partial charge in [0.15, 0.2) is 0 Å². The summed E-state index contributed by atoms with van der Waals surface area (Å²) in [6.07, 6.45) is 0. The topological polar surface area (TPSA) is 82.9 Å². The summed E-state index contributed by atoms with van der Waals surface area (Å²) < 4.78 is 0. The lowest BCUT2D eigenvalue weighted by Crippen LogP contribution is -2.34. The van der Waals surface area contributed by atoms with Crippen molar-refractivity contribution in [3.05, 3.63) is 71.3 Å². The number of hydrazone groups is 2. The molecule has 0 unspecified atom stereocenters. The third-order valence-corrected chi connectivity index (χ3v) is 4.81. The van der Waals surface area contributed by atoms with E-state index >= 15 is 0 Å². The molecule has 6 heteroatoms. The lowest BCUT2D eigenvalue weighted by atomic mass is 9.84. The van der Waals surface area contributed by atoms with Gasteiger partial charge in [0.2, 0.25) is 0 Å². The molecule has 0 aliphatic carbocycles. The average Bonchev–Trinajstić information content (AvgIpc) is 2.70. The van der Waals surface area contributed by atoms with Crippen LogP contribution in [0.1, 0.15) is 54.0 Å². The van der Waals surface area contributed by atoms with Gasteiger partial charge in [-0.05, 0) is 58.9 Å². The fourth-order valence-corrected chi connectivity index (χ4v) is 2.23. The zero-order valence-corrected chi connectivity index (χ0v) is 16.9. The fourth-order valence-electron chi connectivity index (χ4n) is 2.23. The van der Waals surface area contributed by atoms with Crippen molar-refractivity contribution < 1.29 is 9.59 Å². The van der Waals surface area contributed by atoms with Crippen molar-refractivity contribution in [2.75, 3.05) is 0 Å². The van der Waals surface area contributed by atoms with Crippen molar-refractivity contribution in [3.63, 3.8) is 0 Å². The molecule has 2 aromatic carbocycles. The van der Waals surface area contributed by atoms with Crippen LogP contribution in [0.2, 0.25) is 0 Å². The van der Waals surface area contributed by atoms with E-state index in [-0.39, 0.29) is 11.8 Å². The Morgan fingerprint density at radius 3 is 1.64 bits per heavy atom. The van der Waals surface area contributed by atoms with Crippen LogP contribution in [-0.4, -0.2) is 23.2 Å². The molecule has 0 aliphatic rings. The third-order valence-electron chi connectivity index (χ3n) is 4.81. The first kappa shape index (κ1) is 21.0. The van der Waals surface area contributed by atoms with Gasteiger partial charge in [0.25, 0.3) is 11.8 Å². The minimum Gasteiger partial charge on any atom is -0.267 e. The van der Waals surface area contributed by atoms with E-state index < -0.39 is 5.41 Å². The number of nitrogens with one attached hydrogen (secondary N) is 2. The van der Waals surface area contributed by atoms with Crippen molar-refractivity contribution in [2.45, 2.75) is 34.6 Å². The molecule has 0 bridgehead atoms. The van der Waals surface area contributed by atoms with E-state index in [9.17, 15) is 9.59 Å². The van der Waals surface area contributed by atoms with Crippen LogP contribution in [0.5, 0.6) is 0 Å². The monoisotopic (exact) mass is 378 g/mol. The summed E-state index contributed by atoms with van der Waals surface area (Å²) in [6.45, 7) is 9.44. The average molecular weight is 378 g/mol. The van der Waals surface area contributed by atoms with Gasteiger partial charge >= 0.3 is 0 Å². The smallest absolute Gasteiger partial charge is 0.267 e. The Bertz CT molecular complexity index is 898. The highest BCUT2D eigenvalue weighted by molar-refractivity contribution is 6.10. The molecule has 6 nitrogen and oxygen atoms in total. The van der Waals surface area contributed by atoms with Crippen LogP contribution >= 0.6 is 0 Å². The van der Waals surface area contributed by atoms with Crippen molar-refractivity contribution in [1.29, 1.82) is 0 Å². The maximum atomic E-state index is 12.2. The minimum atomic E-state index is -0.551. The molecule has 2 aromatic rings. The van der Waals surface area contributed by atoms with Gasteiger partial charge in [-0.2, -0.15) is 10.2 Å². The van der Waals surface area contributed by atoms with E-state index in [1.807, 2.05) is 52.8 Å². The molecule has 0 atom stereocenters. The summed E-state index contributed by atoms with van der Waals surface area (Å²) in [5, 5.41) is 8.44. The van der Waals surface area contributed by atoms with Gasteiger partial charge < -0.3 is 0 Å². The number of carbonyl (C=O) groups excluding carboxylic acids is 2. The second-order valence-corrected chi connectivity index (χ2v) is 7.13.